The third kappa shape index (κ3) is 2.96. The van der Waals surface area contributed by atoms with Crippen LogP contribution in [0.25, 0.3) is 0 Å². The Morgan fingerprint density at radius 3 is 2.70 bits per heavy atom. The summed E-state index contributed by atoms with van der Waals surface area (Å²) in [6, 6.07) is 10.0. The van der Waals surface area contributed by atoms with E-state index in [2.05, 4.69) is 0 Å². The zero-order valence-corrected chi connectivity index (χ0v) is 11.3. The number of carboxylic acids is 1. The van der Waals surface area contributed by atoms with Gasteiger partial charge in [-0.2, -0.15) is 0 Å². The van der Waals surface area contributed by atoms with E-state index in [1.54, 1.807) is 0 Å². The Bertz CT molecular complexity index is 650. The van der Waals surface area contributed by atoms with Gasteiger partial charge in [0, 0.05) is 5.56 Å². The van der Waals surface area contributed by atoms with Crippen LogP contribution in [-0.2, 0) is 6.61 Å². The van der Waals surface area contributed by atoms with E-state index < -0.39 is 11.8 Å². The second-order valence-electron chi connectivity index (χ2n) is 4.64. The summed E-state index contributed by atoms with van der Waals surface area (Å²) < 4.78 is 19.5. The van der Waals surface area contributed by atoms with E-state index in [0.717, 1.165) is 11.1 Å². The standard InChI is InChI=1S/C16H15FO3/c1-10-6-7-11(2)14(8-10)20-9-12-4-3-5-13(15(12)17)16(18)19/h3-8H,9H2,1-2H3,(H,18,19). The molecule has 0 saturated heterocycles. The zero-order chi connectivity index (χ0) is 14.7. The Morgan fingerprint density at radius 2 is 2.00 bits per heavy atom. The van der Waals surface area contributed by atoms with Crippen molar-refractivity contribution in [3.05, 3.63) is 64.5 Å². The fourth-order valence-electron chi connectivity index (χ4n) is 1.87. The molecule has 0 aliphatic carbocycles. The number of hydrogen-bond donors (Lipinski definition) is 1. The summed E-state index contributed by atoms with van der Waals surface area (Å²) in [5.74, 6) is -1.36. The van der Waals surface area contributed by atoms with Crippen LogP contribution >= 0.6 is 0 Å². The van der Waals surface area contributed by atoms with Gasteiger partial charge in [0.05, 0.1) is 5.56 Å². The van der Waals surface area contributed by atoms with Gasteiger partial charge in [0.1, 0.15) is 18.2 Å². The normalized spacial score (nSPS) is 10.3. The average Bonchev–Trinajstić information content (AvgIpc) is 2.41. The molecule has 0 unspecified atom stereocenters. The fraction of sp³-hybridized carbons (Fsp3) is 0.188. The van der Waals surface area contributed by atoms with Crippen molar-refractivity contribution in [3.63, 3.8) is 0 Å². The average molecular weight is 274 g/mol. The highest BCUT2D eigenvalue weighted by Crippen LogP contribution is 2.21. The van der Waals surface area contributed by atoms with Crippen molar-refractivity contribution in [2.24, 2.45) is 0 Å². The summed E-state index contributed by atoms with van der Waals surface area (Å²) in [5.41, 5.74) is 1.88. The molecule has 104 valence electrons. The first kappa shape index (κ1) is 14.1. The summed E-state index contributed by atoms with van der Waals surface area (Å²) in [6.07, 6.45) is 0. The molecule has 0 fully saturated rings. The van der Waals surface area contributed by atoms with Crippen molar-refractivity contribution in [2.75, 3.05) is 0 Å². The first-order valence-electron chi connectivity index (χ1n) is 6.20. The maximum Gasteiger partial charge on any atom is 0.338 e. The van der Waals surface area contributed by atoms with E-state index in [4.69, 9.17) is 9.84 Å². The minimum absolute atomic E-state index is 0.00273. The number of carboxylic acid groups (broad SMARTS) is 1. The smallest absolute Gasteiger partial charge is 0.338 e. The minimum atomic E-state index is -1.28. The van der Waals surface area contributed by atoms with Crippen LogP contribution in [0.4, 0.5) is 4.39 Å². The van der Waals surface area contributed by atoms with E-state index in [-0.39, 0.29) is 17.7 Å². The molecule has 3 nitrogen and oxygen atoms in total. The molecule has 0 aliphatic rings. The minimum Gasteiger partial charge on any atom is -0.489 e. The second-order valence-corrected chi connectivity index (χ2v) is 4.64. The number of rotatable bonds is 4. The predicted octanol–water partition coefficient (Wildman–Crippen LogP) is 3.72. The topological polar surface area (TPSA) is 46.5 Å². The molecule has 0 atom stereocenters. The second kappa shape index (κ2) is 5.74. The highest BCUT2D eigenvalue weighted by Gasteiger charge is 2.14. The van der Waals surface area contributed by atoms with Crippen molar-refractivity contribution >= 4 is 5.97 Å². The summed E-state index contributed by atoms with van der Waals surface area (Å²) in [6.45, 7) is 3.84. The van der Waals surface area contributed by atoms with Gasteiger partial charge in [0.15, 0.2) is 0 Å². The van der Waals surface area contributed by atoms with Gasteiger partial charge in [-0.1, -0.05) is 24.3 Å². The highest BCUT2D eigenvalue weighted by atomic mass is 19.1. The maximum atomic E-state index is 13.9. The molecule has 0 bridgehead atoms. The molecule has 2 aromatic rings. The first-order chi connectivity index (χ1) is 9.49. The third-order valence-corrected chi connectivity index (χ3v) is 3.04. The third-order valence-electron chi connectivity index (χ3n) is 3.04. The quantitative estimate of drug-likeness (QED) is 0.924. The Labute approximate surface area is 116 Å². The molecule has 20 heavy (non-hydrogen) atoms. The lowest BCUT2D eigenvalue weighted by Gasteiger charge is -2.11. The number of benzene rings is 2. The summed E-state index contributed by atoms with van der Waals surface area (Å²) in [5, 5.41) is 8.88. The predicted molar refractivity (Wildman–Crippen MR) is 73.6 cm³/mol. The fourth-order valence-corrected chi connectivity index (χ4v) is 1.87. The van der Waals surface area contributed by atoms with Gasteiger partial charge in [-0.05, 0) is 37.1 Å². The number of carbonyl (C=O) groups is 1. The van der Waals surface area contributed by atoms with E-state index in [1.807, 2.05) is 32.0 Å². The van der Waals surface area contributed by atoms with Crippen LogP contribution in [-0.4, -0.2) is 11.1 Å². The van der Waals surface area contributed by atoms with E-state index >= 15 is 0 Å². The van der Waals surface area contributed by atoms with Crippen LogP contribution < -0.4 is 4.74 Å². The Balaban J connectivity index is 2.21. The van der Waals surface area contributed by atoms with E-state index in [9.17, 15) is 9.18 Å². The Hall–Kier alpha value is -2.36. The van der Waals surface area contributed by atoms with E-state index in [1.165, 1.54) is 18.2 Å². The molecule has 0 radical (unpaired) electrons. The van der Waals surface area contributed by atoms with Crippen molar-refractivity contribution in [2.45, 2.75) is 20.5 Å². The van der Waals surface area contributed by atoms with Gasteiger partial charge in [-0.3, -0.25) is 0 Å². The number of aromatic carboxylic acids is 1. The van der Waals surface area contributed by atoms with Gasteiger partial charge >= 0.3 is 5.97 Å². The van der Waals surface area contributed by atoms with Crippen LogP contribution in [0.3, 0.4) is 0 Å². The van der Waals surface area contributed by atoms with Crippen LogP contribution in [0.5, 0.6) is 5.75 Å². The lowest BCUT2D eigenvalue weighted by Crippen LogP contribution is -2.06. The molecular formula is C16H15FO3. The molecule has 2 aromatic carbocycles. The summed E-state index contributed by atoms with van der Waals surface area (Å²) in [7, 11) is 0. The summed E-state index contributed by atoms with van der Waals surface area (Å²) in [4.78, 5) is 10.9. The maximum absolute atomic E-state index is 13.9. The van der Waals surface area contributed by atoms with Crippen molar-refractivity contribution < 1.29 is 19.0 Å². The molecule has 0 heterocycles. The molecule has 0 aliphatic heterocycles. The highest BCUT2D eigenvalue weighted by molar-refractivity contribution is 5.88. The summed E-state index contributed by atoms with van der Waals surface area (Å²) >= 11 is 0. The molecule has 1 N–H and O–H groups in total. The molecular weight excluding hydrogens is 259 g/mol. The van der Waals surface area contributed by atoms with Crippen LogP contribution in [0.2, 0.25) is 0 Å². The number of halogens is 1. The lowest BCUT2D eigenvalue weighted by molar-refractivity contribution is 0.0691. The molecule has 0 amide bonds. The van der Waals surface area contributed by atoms with Crippen molar-refractivity contribution in [1.29, 1.82) is 0 Å². The van der Waals surface area contributed by atoms with Gasteiger partial charge in [-0.15, -0.1) is 0 Å². The molecule has 0 saturated carbocycles. The van der Waals surface area contributed by atoms with Gasteiger partial charge < -0.3 is 9.84 Å². The van der Waals surface area contributed by atoms with Gasteiger partial charge in [0.25, 0.3) is 0 Å². The van der Waals surface area contributed by atoms with Crippen LogP contribution in [0.15, 0.2) is 36.4 Å². The number of hydrogen-bond acceptors (Lipinski definition) is 2. The molecule has 0 aromatic heterocycles. The zero-order valence-electron chi connectivity index (χ0n) is 11.3. The lowest BCUT2D eigenvalue weighted by atomic mass is 10.1. The van der Waals surface area contributed by atoms with Crippen LogP contribution in [0, 0.1) is 19.7 Å². The molecule has 0 spiro atoms. The SMILES string of the molecule is Cc1ccc(C)c(OCc2cccc(C(=O)O)c2F)c1. The number of ether oxygens (including phenoxy) is 1. The Morgan fingerprint density at radius 1 is 1.25 bits per heavy atom. The van der Waals surface area contributed by atoms with Crippen LogP contribution in [0.1, 0.15) is 27.0 Å². The largest absolute Gasteiger partial charge is 0.489 e. The molecule has 2 rings (SSSR count). The van der Waals surface area contributed by atoms with Gasteiger partial charge in [0.2, 0.25) is 0 Å². The van der Waals surface area contributed by atoms with Gasteiger partial charge in [-0.25, -0.2) is 9.18 Å². The Kier molecular flexibility index (Phi) is 4.03. The number of aryl methyl sites for hydroxylation is 2. The van der Waals surface area contributed by atoms with Crippen molar-refractivity contribution in [1.82, 2.24) is 0 Å². The first-order valence-corrected chi connectivity index (χ1v) is 6.20. The van der Waals surface area contributed by atoms with E-state index in [0.29, 0.717) is 5.75 Å². The monoisotopic (exact) mass is 274 g/mol. The molecule has 4 heteroatoms. The van der Waals surface area contributed by atoms with Crippen molar-refractivity contribution in [3.8, 4) is 5.75 Å².